The van der Waals surface area contributed by atoms with Crippen LogP contribution in [0.1, 0.15) is 41.0 Å². The fourth-order valence-corrected chi connectivity index (χ4v) is 3.76. The summed E-state index contributed by atoms with van der Waals surface area (Å²) in [6, 6.07) is 4.33. The maximum Gasteiger partial charge on any atom is 0.343 e. The number of fused-ring (bicyclic) bond motifs is 1. The molecule has 2 atom stereocenters. The number of aliphatic hydroxyl groups excluding tert-OH is 1. The quantitative estimate of drug-likeness (QED) is 0.676. The van der Waals surface area contributed by atoms with Gasteiger partial charge in [-0.3, -0.25) is 0 Å². The van der Waals surface area contributed by atoms with E-state index in [-0.39, 0.29) is 30.7 Å². The van der Waals surface area contributed by atoms with Crippen molar-refractivity contribution in [1.29, 1.82) is 0 Å². The molecule has 1 aromatic carbocycles. The fourth-order valence-electron chi connectivity index (χ4n) is 3.76. The SMILES string of the molecule is CCOC(=O)c1c(C)nn2ccc(N3C[C@@H](O)CC3c3cc(F)ccc3F)nc12. The van der Waals surface area contributed by atoms with Crippen LogP contribution >= 0.6 is 0 Å². The van der Waals surface area contributed by atoms with Crippen LogP contribution in [0.25, 0.3) is 5.65 Å². The minimum Gasteiger partial charge on any atom is -0.462 e. The van der Waals surface area contributed by atoms with Gasteiger partial charge in [0.1, 0.15) is 23.0 Å². The molecule has 0 bridgehead atoms. The van der Waals surface area contributed by atoms with E-state index < -0.39 is 29.7 Å². The predicted octanol–water partition coefficient (Wildman–Crippen LogP) is 2.80. The average Bonchev–Trinajstić information content (AvgIpc) is 3.22. The van der Waals surface area contributed by atoms with Gasteiger partial charge in [0.2, 0.25) is 0 Å². The second-order valence-corrected chi connectivity index (χ2v) is 6.96. The lowest BCUT2D eigenvalue weighted by atomic mass is 10.0. The molecule has 3 heterocycles. The number of carbonyl (C=O) groups is 1. The number of rotatable bonds is 4. The number of halogens is 2. The smallest absolute Gasteiger partial charge is 0.343 e. The highest BCUT2D eigenvalue weighted by Crippen LogP contribution is 2.37. The number of nitrogens with zero attached hydrogens (tertiary/aromatic N) is 4. The molecule has 1 aliphatic rings. The van der Waals surface area contributed by atoms with Crippen molar-refractivity contribution in [2.24, 2.45) is 0 Å². The van der Waals surface area contributed by atoms with E-state index in [9.17, 15) is 18.7 Å². The first-order chi connectivity index (χ1) is 13.9. The van der Waals surface area contributed by atoms with Crippen LogP contribution in [-0.2, 0) is 4.74 Å². The Balaban J connectivity index is 1.79. The maximum absolute atomic E-state index is 14.4. The largest absolute Gasteiger partial charge is 0.462 e. The number of hydrogen-bond acceptors (Lipinski definition) is 6. The number of β-amino-alcohol motifs (C(OH)–C–C–N with tert-alkyl or cyclic N) is 1. The molecule has 1 fully saturated rings. The predicted molar refractivity (Wildman–Crippen MR) is 101 cm³/mol. The van der Waals surface area contributed by atoms with E-state index in [1.165, 1.54) is 4.52 Å². The molecule has 0 aliphatic carbocycles. The number of hydrogen-bond donors (Lipinski definition) is 1. The first kappa shape index (κ1) is 19.3. The summed E-state index contributed by atoms with van der Waals surface area (Å²) >= 11 is 0. The Morgan fingerprint density at radius 1 is 1.34 bits per heavy atom. The Labute approximate surface area is 165 Å². The number of aromatic nitrogens is 3. The molecular formula is C20H20F2N4O3. The van der Waals surface area contributed by atoms with Gasteiger partial charge in [-0.05, 0) is 44.5 Å². The van der Waals surface area contributed by atoms with Crippen molar-refractivity contribution in [3.8, 4) is 0 Å². The monoisotopic (exact) mass is 402 g/mol. The van der Waals surface area contributed by atoms with Crippen molar-refractivity contribution in [1.82, 2.24) is 14.6 Å². The lowest BCUT2D eigenvalue weighted by molar-refractivity contribution is 0.0527. The number of ether oxygens (including phenoxy) is 1. The van der Waals surface area contributed by atoms with E-state index in [0.717, 1.165) is 18.2 Å². The summed E-state index contributed by atoms with van der Waals surface area (Å²) in [6.45, 7) is 3.81. The zero-order chi connectivity index (χ0) is 20.7. The highest BCUT2D eigenvalue weighted by Gasteiger charge is 2.35. The van der Waals surface area contributed by atoms with Crippen molar-refractivity contribution in [2.45, 2.75) is 32.4 Å². The molecular weight excluding hydrogens is 382 g/mol. The zero-order valence-electron chi connectivity index (χ0n) is 16.0. The highest BCUT2D eigenvalue weighted by atomic mass is 19.1. The number of esters is 1. The zero-order valence-corrected chi connectivity index (χ0v) is 16.0. The third-order valence-corrected chi connectivity index (χ3v) is 5.02. The summed E-state index contributed by atoms with van der Waals surface area (Å²) in [5.74, 6) is -1.21. The fraction of sp³-hybridized carbons (Fsp3) is 0.350. The molecule has 4 rings (SSSR count). The van der Waals surface area contributed by atoms with Crippen LogP contribution in [0, 0.1) is 18.6 Å². The van der Waals surface area contributed by atoms with E-state index in [0.29, 0.717) is 17.2 Å². The number of aryl methyl sites for hydroxylation is 1. The van der Waals surface area contributed by atoms with Crippen molar-refractivity contribution in [3.05, 3.63) is 58.9 Å². The molecule has 1 aliphatic heterocycles. The Morgan fingerprint density at radius 3 is 2.90 bits per heavy atom. The van der Waals surface area contributed by atoms with Gasteiger partial charge in [-0.1, -0.05) is 0 Å². The lowest BCUT2D eigenvalue weighted by Crippen LogP contribution is -2.26. The highest BCUT2D eigenvalue weighted by molar-refractivity contribution is 5.97. The summed E-state index contributed by atoms with van der Waals surface area (Å²) in [7, 11) is 0. The van der Waals surface area contributed by atoms with Crippen LogP contribution in [-0.4, -0.2) is 44.9 Å². The first-order valence-corrected chi connectivity index (χ1v) is 9.31. The van der Waals surface area contributed by atoms with E-state index in [2.05, 4.69) is 10.1 Å². The van der Waals surface area contributed by atoms with Gasteiger partial charge in [0.15, 0.2) is 5.65 Å². The third-order valence-electron chi connectivity index (χ3n) is 5.02. The summed E-state index contributed by atoms with van der Waals surface area (Å²) in [4.78, 5) is 18.6. The van der Waals surface area contributed by atoms with Gasteiger partial charge in [0, 0.05) is 18.3 Å². The second-order valence-electron chi connectivity index (χ2n) is 6.96. The van der Waals surface area contributed by atoms with Gasteiger partial charge in [-0.15, -0.1) is 0 Å². The summed E-state index contributed by atoms with van der Waals surface area (Å²) in [6.07, 6.45) is 1.14. The molecule has 0 saturated carbocycles. The van der Waals surface area contributed by atoms with Crippen molar-refractivity contribution in [3.63, 3.8) is 0 Å². The van der Waals surface area contributed by atoms with Crippen LogP contribution in [0.3, 0.4) is 0 Å². The van der Waals surface area contributed by atoms with E-state index in [4.69, 9.17) is 4.74 Å². The molecule has 29 heavy (non-hydrogen) atoms. The molecule has 0 radical (unpaired) electrons. The van der Waals surface area contributed by atoms with Gasteiger partial charge in [0.25, 0.3) is 0 Å². The molecule has 9 heteroatoms. The maximum atomic E-state index is 14.4. The molecule has 0 amide bonds. The molecule has 2 aromatic heterocycles. The van der Waals surface area contributed by atoms with Crippen molar-refractivity contribution >= 4 is 17.4 Å². The molecule has 3 aromatic rings. The first-order valence-electron chi connectivity index (χ1n) is 9.31. The molecule has 7 nitrogen and oxygen atoms in total. The minimum atomic E-state index is -0.725. The Hall–Kier alpha value is -3.07. The van der Waals surface area contributed by atoms with E-state index in [1.807, 2.05) is 0 Å². The summed E-state index contributed by atoms with van der Waals surface area (Å²) < 4.78 is 34.7. The van der Waals surface area contributed by atoms with Gasteiger partial charge in [-0.2, -0.15) is 5.10 Å². The summed E-state index contributed by atoms with van der Waals surface area (Å²) in [5.41, 5.74) is 1.18. The number of aliphatic hydroxyl groups is 1. The van der Waals surface area contributed by atoms with Crippen LogP contribution in [0.4, 0.5) is 14.6 Å². The van der Waals surface area contributed by atoms with Crippen molar-refractivity contribution in [2.75, 3.05) is 18.1 Å². The van der Waals surface area contributed by atoms with Crippen LogP contribution < -0.4 is 4.90 Å². The van der Waals surface area contributed by atoms with Crippen LogP contribution in [0.5, 0.6) is 0 Å². The Bertz CT molecular complexity index is 1090. The van der Waals surface area contributed by atoms with E-state index >= 15 is 0 Å². The molecule has 0 spiro atoms. The van der Waals surface area contributed by atoms with Crippen LogP contribution in [0.15, 0.2) is 30.5 Å². The topological polar surface area (TPSA) is 80.0 Å². The Kier molecular flexibility index (Phi) is 4.91. The minimum absolute atomic E-state index is 0.151. The molecule has 152 valence electrons. The summed E-state index contributed by atoms with van der Waals surface area (Å²) in [5, 5.41) is 14.5. The van der Waals surface area contributed by atoms with Gasteiger partial charge in [-0.25, -0.2) is 23.1 Å². The normalized spacial score (nSPS) is 19.1. The van der Waals surface area contributed by atoms with Crippen LogP contribution in [0.2, 0.25) is 0 Å². The second kappa shape index (κ2) is 7.40. The standard InChI is InChI=1S/C20H20F2N4O3/c1-3-29-20(28)18-11(2)24-26-7-6-17(23-19(18)26)25-10-13(27)9-16(25)14-8-12(21)4-5-15(14)22/h4-8,13,16,27H,3,9-10H2,1-2H3/t13-,16?/m0/s1. The van der Waals surface area contributed by atoms with E-state index in [1.54, 1.807) is 31.0 Å². The third kappa shape index (κ3) is 3.42. The number of benzene rings is 1. The molecule has 1 N–H and O–H groups in total. The van der Waals surface area contributed by atoms with Crippen molar-refractivity contribution < 1.29 is 23.4 Å². The Morgan fingerprint density at radius 2 is 2.14 bits per heavy atom. The number of anilines is 1. The lowest BCUT2D eigenvalue weighted by Gasteiger charge is -2.26. The van der Waals surface area contributed by atoms with Gasteiger partial charge < -0.3 is 14.7 Å². The van der Waals surface area contributed by atoms with Gasteiger partial charge >= 0.3 is 5.97 Å². The molecule has 1 saturated heterocycles. The van der Waals surface area contributed by atoms with Gasteiger partial charge in [0.05, 0.1) is 24.4 Å². The molecule has 1 unspecified atom stereocenters. The number of carbonyl (C=O) groups excluding carboxylic acids is 1. The average molecular weight is 402 g/mol.